The summed E-state index contributed by atoms with van der Waals surface area (Å²) in [5.41, 5.74) is 5.14. The smallest absolute Gasteiger partial charge is 0.127 e. The van der Waals surface area contributed by atoms with Crippen LogP contribution in [0.15, 0.2) is 40.9 Å². The lowest BCUT2D eigenvalue weighted by Gasteiger charge is -2.20. The molecule has 110 valence electrons. The van der Waals surface area contributed by atoms with Crippen molar-refractivity contribution >= 4 is 15.9 Å². The Morgan fingerprint density at radius 3 is 2.67 bits per heavy atom. The maximum absolute atomic E-state index is 5.87. The second-order valence-electron chi connectivity index (χ2n) is 5.40. The number of hydrogen-bond donors (Lipinski definition) is 1. The Morgan fingerprint density at radius 2 is 2.00 bits per heavy atom. The van der Waals surface area contributed by atoms with Gasteiger partial charge in [0.1, 0.15) is 5.75 Å². The van der Waals surface area contributed by atoms with Crippen LogP contribution in [0.1, 0.15) is 35.2 Å². The van der Waals surface area contributed by atoms with E-state index in [0.29, 0.717) is 0 Å². The predicted octanol–water partition coefficient (Wildman–Crippen LogP) is 4.26. The van der Waals surface area contributed by atoms with Crippen LogP contribution in [-0.4, -0.2) is 13.7 Å². The average Bonchev–Trinajstić information content (AvgIpc) is 2.96. The van der Waals surface area contributed by atoms with E-state index in [1.165, 1.54) is 22.3 Å². The molecule has 2 nitrogen and oxygen atoms in total. The van der Waals surface area contributed by atoms with Crippen LogP contribution in [0.25, 0.3) is 0 Å². The summed E-state index contributed by atoms with van der Waals surface area (Å²) >= 11 is 3.63. The maximum atomic E-state index is 5.87. The van der Waals surface area contributed by atoms with Crippen molar-refractivity contribution in [3.05, 3.63) is 63.1 Å². The monoisotopic (exact) mass is 345 g/mol. The van der Waals surface area contributed by atoms with E-state index in [0.717, 1.165) is 29.7 Å². The third kappa shape index (κ3) is 2.85. The van der Waals surface area contributed by atoms with Crippen LogP contribution >= 0.6 is 15.9 Å². The Bertz CT molecular complexity index is 636. The molecule has 0 saturated carbocycles. The van der Waals surface area contributed by atoms with Crippen molar-refractivity contribution in [3.8, 4) is 5.75 Å². The van der Waals surface area contributed by atoms with Gasteiger partial charge in [0.2, 0.25) is 0 Å². The minimum Gasteiger partial charge on any atom is -0.493 e. The van der Waals surface area contributed by atoms with Gasteiger partial charge in [-0.25, -0.2) is 0 Å². The van der Waals surface area contributed by atoms with Crippen LogP contribution in [0.4, 0.5) is 0 Å². The first-order chi connectivity index (χ1) is 10.2. The first-order valence-corrected chi connectivity index (χ1v) is 8.23. The standard InChI is InChI=1S/C18H20BrNO/c1-3-12-4-6-13(7-5-12)17(20-2)16-11-15(19)10-14-8-9-21-18(14)16/h4-7,10-11,17,20H,3,8-9H2,1-2H3. The predicted molar refractivity (Wildman–Crippen MR) is 90.1 cm³/mol. The van der Waals surface area contributed by atoms with Crippen molar-refractivity contribution in [3.63, 3.8) is 0 Å². The van der Waals surface area contributed by atoms with E-state index in [4.69, 9.17) is 4.74 Å². The molecule has 2 aromatic rings. The van der Waals surface area contributed by atoms with Crippen LogP contribution in [-0.2, 0) is 12.8 Å². The molecule has 1 atom stereocenters. The fourth-order valence-electron chi connectivity index (χ4n) is 2.96. The van der Waals surface area contributed by atoms with Crippen molar-refractivity contribution in [2.45, 2.75) is 25.8 Å². The Morgan fingerprint density at radius 1 is 1.24 bits per heavy atom. The van der Waals surface area contributed by atoms with Gasteiger partial charge in [-0.2, -0.15) is 0 Å². The molecule has 0 amide bonds. The van der Waals surface area contributed by atoms with Gasteiger partial charge >= 0.3 is 0 Å². The van der Waals surface area contributed by atoms with E-state index < -0.39 is 0 Å². The summed E-state index contributed by atoms with van der Waals surface area (Å²) in [4.78, 5) is 0. The first-order valence-electron chi connectivity index (χ1n) is 7.44. The highest BCUT2D eigenvalue weighted by atomic mass is 79.9. The third-order valence-electron chi connectivity index (χ3n) is 4.10. The summed E-state index contributed by atoms with van der Waals surface area (Å²) in [6.45, 7) is 2.96. The summed E-state index contributed by atoms with van der Waals surface area (Å²) < 4.78 is 6.99. The quantitative estimate of drug-likeness (QED) is 0.893. The van der Waals surface area contributed by atoms with Crippen molar-refractivity contribution in [1.29, 1.82) is 0 Å². The van der Waals surface area contributed by atoms with E-state index in [-0.39, 0.29) is 6.04 Å². The minimum atomic E-state index is 0.153. The zero-order chi connectivity index (χ0) is 14.8. The topological polar surface area (TPSA) is 21.3 Å². The highest BCUT2D eigenvalue weighted by Gasteiger charge is 2.23. The molecule has 3 heteroatoms. The van der Waals surface area contributed by atoms with Crippen LogP contribution in [0.3, 0.4) is 0 Å². The van der Waals surface area contributed by atoms with Crippen LogP contribution in [0.5, 0.6) is 5.75 Å². The molecule has 0 aliphatic carbocycles. The largest absolute Gasteiger partial charge is 0.493 e. The zero-order valence-electron chi connectivity index (χ0n) is 12.4. The second kappa shape index (κ2) is 6.20. The molecule has 0 saturated heterocycles. The molecule has 21 heavy (non-hydrogen) atoms. The highest BCUT2D eigenvalue weighted by Crippen LogP contribution is 2.38. The van der Waals surface area contributed by atoms with Gasteiger partial charge in [0.15, 0.2) is 0 Å². The van der Waals surface area contributed by atoms with Gasteiger partial charge in [0, 0.05) is 16.5 Å². The van der Waals surface area contributed by atoms with Gasteiger partial charge < -0.3 is 10.1 Å². The summed E-state index contributed by atoms with van der Waals surface area (Å²) in [6, 6.07) is 13.3. The molecule has 0 spiro atoms. The molecule has 1 unspecified atom stereocenters. The maximum Gasteiger partial charge on any atom is 0.127 e. The molecule has 3 rings (SSSR count). The molecule has 2 aromatic carbocycles. The van der Waals surface area contributed by atoms with Crippen LogP contribution < -0.4 is 10.1 Å². The summed E-state index contributed by atoms with van der Waals surface area (Å²) in [5, 5.41) is 3.43. The molecular formula is C18H20BrNO. The van der Waals surface area contributed by atoms with Crippen molar-refractivity contribution in [1.82, 2.24) is 5.32 Å². The molecule has 1 aliphatic rings. The normalized spacial score (nSPS) is 14.6. The average molecular weight is 346 g/mol. The number of rotatable bonds is 4. The summed E-state index contributed by atoms with van der Waals surface area (Å²) in [7, 11) is 2.00. The molecule has 0 fully saturated rings. The summed E-state index contributed by atoms with van der Waals surface area (Å²) in [6.07, 6.45) is 2.06. The Hall–Kier alpha value is -1.32. The molecule has 1 N–H and O–H groups in total. The van der Waals surface area contributed by atoms with Gasteiger partial charge in [-0.05, 0) is 42.3 Å². The van der Waals surface area contributed by atoms with Crippen molar-refractivity contribution in [2.75, 3.05) is 13.7 Å². The second-order valence-corrected chi connectivity index (χ2v) is 6.31. The number of fused-ring (bicyclic) bond motifs is 1. The number of benzene rings is 2. The van der Waals surface area contributed by atoms with E-state index in [9.17, 15) is 0 Å². The number of aryl methyl sites for hydroxylation is 1. The first kappa shape index (κ1) is 14.6. The molecule has 1 heterocycles. The van der Waals surface area contributed by atoms with Gasteiger partial charge in [-0.3, -0.25) is 0 Å². The molecule has 0 aromatic heterocycles. The Balaban J connectivity index is 2.03. The summed E-state index contributed by atoms with van der Waals surface area (Å²) in [5.74, 6) is 1.05. The number of hydrogen-bond acceptors (Lipinski definition) is 2. The van der Waals surface area contributed by atoms with Gasteiger partial charge in [0.05, 0.1) is 12.6 Å². The van der Waals surface area contributed by atoms with Gasteiger partial charge in [-0.1, -0.05) is 47.1 Å². The lowest BCUT2D eigenvalue weighted by molar-refractivity contribution is 0.351. The Kier molecular flexibility index (Phi) is 4.32. The van der Waals surface area contributed by atoms with E-state index in [2.05, 4.69) is 64.6 Å². The number of nitrogens with one attached hydrogen (secondary N) is 1. The van der Waals surface area contributed by atoms with Crippen LogP contribution in [0, 0.1) is 0 Å². The minimum absolute atomic E-state index is 0.153. The SMILES string of the molecule is CCc1ccc(C(NC)c2cc(Br)cc3c2OCC3)cc1. The van der Waals surface area contributed by atoms with Crippen LogP contribution in [0.2, 0.25) is 0 Å². The van der Waals surface area contributed by atoms with E-state index in [1.54, 1.807) is 0 Å². The zero-order valence-corrected chi connectivity index (χ0v) is 14.0. The third-order valence-corrected chi connectivity index (χ3v) is 4.56. The molecule has 0 radical (unpaired) electrons. The van der Waals surface area contributed by atoms with E-state index in [1.807, 2.05) is 7.05 Å². The van der Waals surface area contributed by atoms with Crippen molar-refractivity contribution in [2.24, 2.45) is 0 Å². The highest BCUT2D eigenvalue weighted by molar-refractivity contribution is 9.10. The lowest BCUT2D eigenvalue weighted by Crippen LogP contribution is -2.18. The fourth-order valence-corrected chi connectivity index (χ4v) is 3.48. The molecular weight excluding hydrogens is 326 g/mol. The van der Waals surface area contributed by atoms with Gasteiger partial charge in [0.25, 0.3) is 0 Å². The molecule has 0 bridgehead atoms. The Labute approximate surface area is 134 Å². The number of ether oxygens (including phenoxy) is 1. The molecule has 1 aliphatic heterocycles. The lowest BCUT2D eigenvalue weighted by atomic mass is 9.95. The fraction of sp³-hybridized carbons (Fsp3) is 0.333. The van der Waals surface area contributed by atoms with Gasteiger partial charge in [-0.15, -0.1) is 0 Å². The number of halogens is 1. The van der Waals surface area contributed by atoms with E-state index >= 15 is 0 Å². The van der Waals surface area contributed by atoms with Crippen molar-refractivity contribution < 1.29 is 4.74 Å².